The van der Waals surface area contributed by atoms with Gasteiger partial charge < -0.3 is 5.32 Å². The Kier molecular flexibility index (Phi) is 4.28. The lowest BCUT2D eigenvalue weighted by Crippen LogP contribution is -2.21. The first-order valence-corrected chi connectivity index (χ1v) is 6.51. The second kappa shape index (κ2) is 6.13. The van der Waals surface area contributed by atoms with Crippen LogP contribution in [-0.2, 0) is 4.79 Å². The highest BCUT2D eigenvalue weighted by Crippen LogP contribution is 2.19. The lowest BCUT2D eigenvalue weighted by atomic mass is 10.0. The van der Waals surface area contributed by atoms with E-state index in [1.165, 1.54) is 0 Å². The molecule has 5 heteroatoms. The predicted molar refractivity (Wildman–Crippen MR) is 74.5 cm³/mol. The number of amides is 1. The van der Waals surface area contributed by atoms with E-state index in [0.29, 0.717) is 5.82 Å². The SMILES string of the molecule is CCC(CC)C(=O)Nc1cc(-c2ccncc2)[nH]n1. The summed E-state index contributed by atoms with van der Waals surface area (Å²) in [4.78, 5) is 15.9. The summed E-state index contributed by atoms with van der Waals surface area (Å²) in [7, 11) is 0. The summed E-state index contributed by atoms with van der Waals surface area (Å²) in [5.41, 5.74) is 1.85. The van der Waals surface area contributed by atoms with E-state index >= 15 is 0 Å². The quantitative estimate of drug-likeness (QED) is 0.866. The van der Waals surface area contributed by atoms with Gasteiger partial charge >= 0.3 is 0 Å². The molecule has 0 aromatic carbocycles. The Morgan fingerprint density at radius 1 is 1.32 bits per heavy atom. The number of aromatic amines is 1. The van der Waals surface area contributed by atoms with Gasteiger partial charge in [-0.15, -0.1) is 0 Å². The topological polar surface area (TPSA) is 70.7 Å². The molecule has 2 heterocycles. The van der Waals surface area contributed by atoms with Gasteiger partial charge in [-0.05, 0) is 25.0 Å². The highest BCUT2D eigenvalue weighted by molar-refractivity contribution is 5.92. The summed E-state index contributed by atoms with van der Waals surface area (Å²) in [6, 6.07) is 5.61. The van der Waals surface area contributed by atoms with Gasteiger partial charge in [-0.1, -0.05) is 13.8 Å². The first-order chi connectivity index (χ1) is 9.24. The third kappa shape index (κ3) is 3.19. The first kappa shape index (κ1) is 13.3. The molecule has 0 aliphatic carbocycles. The van der Waals surface area contributed by atoms with Gasteiger partial charge in [-0.3, -0.25) is 14.9 Å². The van der Waals surface area contributed by atoms with Gasteiger partial charge in [0.05, 0.1) is 5.69 Å². The fourth-order valence-electron chi connectivity index (χ4n) is 1.95. The van der Waals surface area contributed by atoms with Gasteiger partial charge in [0.2, 0.25) is 5.91 Å². The Bertz CT molecular complexity index is 531. The molecule has 1 amide bonds. The molecule has 0 radical (unpaired) electrons. The molecule has 100 valence electrons. The number of hydrogen-bond donors (Lipinski definition) is 2. The molecule has 0 aliphatic heterocycles. The summed E-state index contributed by atoms with van der Waals surface area (Å²) < 4.78 is 0. The molecule has 0 fully saturated rings. The van der Waals surface area contributed by atoms with E-state index in [0.717, 1.165) is 24.1 Å². The molecule has 0 saturated heterocycles. The summed E-state index contributed by atoms with van der Waals surface area (Å²) in [6.07, 6.45) is 5.12. The number of rotatable bonds is 5. The van der Waals surface area contributed by atoms with Crippen LogP contribution in [-0.4, -0.2) is 21.1 Å². The van der Waals surface area contributed by atoms with Crippen LogP contribution in [0, 0.1) is 5.92 Å². The number of anilines is 1. The van der Waals surface area contributed by atoms with Gasteiger partial charge in [0.1, 0.15) is 0 Å². The molecule has 19 heavy (non-hydrogen) atoms. The standard InChI is InChI=1S/C14H18N4O/c1-3-10(4-2)14(19)16-13-9-12(17-18-13)11-5-7-15-8-6-11/h5-10H,3-4H2,1-2H3,(H2,16,17,18,19). The number of carbonyl (C=O) groups is 1. The lowest BCUT2D eigenvalue weighted by Gasteiger charge is -2.10. The van der Waals surface area contributed by atoms with Crippen LogP contribution in [0.25, 0.3) is 11.3 Å². The zero-order chi connectivity index (χ0) is 13.7. The minimum Gasteiger partial charge on any atom is -0.309 e. The number of carbonyl (C=O) groups excluding carboxylic acids is 1. The summed E-state index contributed by atoms with van der Waals surface area (Å²) in [5, 5.41) is 9.85. The van der Waals surface area contributed by atoms with Crippen LogP contribution in [0.2, 0.25) is 0 Å². The van der Waals surface area contributed by atoms with Crippen molar-refractivity contribution in [3.63, 3.8) is 0 Å². The van der Waals surface area contributed by atoms with Crippen molar-refractivity contribution in [1.29, 1.82) is 0 Å². The van der Waals surface area contributed by atoms with Crippen LogP contribution in [0.4, 0.5) is 5.82 Å². The predicted octanol–water partition coefficient (Wildman–Crippen LogP) is 2.85. The van der Waals surface area contributed by atoms with Crippen molar-refractivity contribution < 1.29 is 4.79 Å². The van der Waals surface area contributed by atoms with Crippen molar-refractivity contribution in [2.75, 3.05) is 5.32 Å². The molecular formula is C14H18N4O. The number of nitrogens with one attached hydrogen (secondary N) is 2. The molecule has 0 bridgehead atoms. The normalized spacial score (nSPS) is 10.7. The zero-order valence-corrected chi connectivity index (χ0v) is 11.2. The summed E-state index contributed by atoms with van der Waals surface area (Å²) in [6.45, 7) is 4.03. The fourth-order valence-corrected chi connectivity index (χ4v) is 1.95. The first-order valence-electron chi connectivity index (χ1n) is 6.51. The van der Waals surface area contributed by atoms with E-state index in [1.807, 2.05) is 32.0 Å². The molecule has 0 saturated carbocycles. The second-order valence-electron chi connectivity index (χ2n) is 4.41. The van der Waals surface area contributed by atoms with E-state index in [4.69, 9.17) is 0 Å². The Balaban J connectivity index is 2.08. The fraction of sp³-hybridized carbons (Fsp3) is 0.357. The van der Waals surface area contributed by atoms with E-state index in [9.17, 15) is 4.79 Å². The number of nitrogens with zero attached hydrogens (tertiary/aromatic N) is 2. The Labute approximate surface area is 112 Å². The molecule has 0 spiro atoms. The molecule has 0 unspecified atom stereocenters. The van der Waals surface area contributed by atoms with Crippen LogP contribution in [0.15, 0.2) is 30.6 Å². The molecule has 2 aromatic rings. The minimum absolute atomic E-state index is 0.0257. The maximum atomic E-state index is 11.9. The van der Waals surface area contributed by atoms with Crippen LogP contribution in [0.1, 0.15) is 26.7 Å². The number of H-pyrrole nitrogens is 1. The van der Waals surface area contributed by atoms with Gasteiger partial charge in [0.15, 0.2) is 5.82 Å². The van der Waals surface area contributed by atoms with Crippen molar-refractivity contribution in [3.8, 4) is 11.3 Å². The monoisotopic (exact) mass is 258 g/mol. The van der Waals surface area contributed by atoms with Gasteiger partial charge in [0, 0.05) is 29.9 Å². The molecule has 0 atom stereocenters. The van der Waals surface area contributed by atoms with Gasteiger partial charge in [-0.2, -0.15) is 5.10 Å². The van der Waals surface area contributed by atoms with Crippen LogP contribution < -0.4 is 5.32 Å². The number of hydrogen-bond acceptors (Lipinski definition) is 3. The van der Waals surface area contributed by atoms with Crippen molar-refractivity contribution in [2.24, 2.45) is 5.92 Å². The Hall–Kier alpha value is -2.17. The third-order valence-electron chi connectivity index (χ3n) is 3.18. The molecule has 2 aromatic heterocycles. The average Bonchev–Trinajstić information content (AvgIpc) is 2.89. The van der Waals surface area contributed by atoms with E-state index in [1.54, 1.807) is 12.4 Å². The second-order valence-corrected chi connectivity index (χ2v) is 4.41. The Morgan fingerprint density at radius 3 is 2.63 bits per heavy atom. The van der Waals surface area contributed by atoms with Crippen LogP contribution >= 0.6 is 0 Å². The summed E-state index contributed by atoms with van der Waals surface area (Å²) >= 11 is 0. The molecule has 5 nitrogen and oxygen atoms in total. The van der Waals surface area contributed by atoms with Crippen LogP contribution in [0.5, 0.6) is 0 Å². The highest BCUT2D eigenvalue weighted by Gasteiger charge is 2.15. The number of aromatic nitrogens is 3. The van der Waals surface area contributed by atoms with Gasteiger partial charge in [-0.25, -0.2) is 0 Å². The molecular weight excluding hydrogens is 240 g/mol. The smallest absolute Gasteiger partial charge is 0.228 e. The minimum atomic E-state index is 0.0257. The van der Waals surface area contributed by atoms with Crippen LogP contribution in [0.3, 0.4) is 0 Å². The van der Waals surface area contributed by atoms with Crippen molar-refractivity contribution in [3.05, 3.63) is 30.6 Å². The number of pyridine rings is 1. The maximum Gasteiger partial charge on any atom is 0.228 e. The van der Waals surface area contributed by atoms with Gasteiger partial charge in [0.25, 0.3) is 0 Å². The van der Waals surface area contributed by atoms with E-state index in [2.05, 4.69) is 20.5 Å². The van der Waals surface area contributed by atoms with E-state index in [-0.39, 0.29) is 11.8 Å². The third-order valence-corrected chi connectivity index (χ3v) is 3.18. The van der Waals surface area contributed by atoms with Crippen molar-refractivity contribution in [2.45, 2.75) is 26.7 Å². The van der Waals surface area contributed by atoms with E-state index < -0.39 is 0 Å². The molecule has 2 rings (SSSR count). The Morgan fingerprint density at radius 2 is 2.00 bits per heavy atom. The highest BCUT2D eigenvalue weighted by atomic mass is 16.1. The molecule has 0 aliphatic rings. The van der Waals surface area contributed by atoms with Crippen molar-refractivity contribution >= 4 is 11.7 Å². The lowest BCUT2D eigenvalue weighted by molar-refractivity contribution is -0.120. The summed E-state index contributed by atoms with van der Waals surface area (Å²) in [5.74, 6) is 0.627. The van der Waals surface area contributed by atoms with Crippen molar-refractivity contribution in [1.82, 2.24) is 15.2 Å². The maximum absolute atomic E-state index is 11.9. The average molecular weight is 258 g/mol. The zero-order valence-electron chi connectivity index (χ0n) is 11.2. The largest absolute Gasteiger partial charge is 0.309 e. The molecule has 2 N–H and O–H groups in total.